The maximum Gasteiger partial charge on any atom is 0.278 e. The van der Waals surface area contributed by atoms with E-state index in [1.807, 2.05) is 0 Å². The zero-order chi connectivity index (χ0) is 13.9. The number of hydrogen-bond donors (Lipinski definition) is 1. The van der Waals surface area contributed by atoms with E-state index in [0.717, 1.165) is 0 Å². The third-order valence-corrected chi connectivity index (χ3v) is 2.30. The third kappa shape index (κ3) is 3.41. The lowest BCUT2D eigenvalue weighted by atomic mass is 10.1. The van der Waals surface area contributed by atoms with Crippen LogP contribution in [-0.4, -0.2) is 39.4 Å². The molecule has 0 bridgehead atoms. The molecule has 0 fully saturated rings. The van der Waals surface area contributed by atoms with Crippen LogP contribution in [0.4, 0.5) is 0 Å². The van der Waals surface area contributed by atoms with Crippen LogP contribution in [0.25, 0.3) is 0 Å². The lowest BCUT2D eigenvalue weighted by Gasteiger charge is -2.23. The molecule has 0 amide bonds. The third-order valence-electron chi connectivity index (χ3n) is 2.30. The van der Waals surface area contributed by atoms with Crippen molar-refractivity contribution >= 4 is 0 Å². The molecule has 0 spiro atoms. The topological polar surface area (TPSA) is 122 Å². The van der Waals surface area contributed by atoms with Gasteiger partial charge in [0.2, 0.25) is 0 Å². The van der Waals surface area contributed by atoms with Gasteiger partial charge >= 0.3 is 0 Å². The number of ether oxygens (including phenoxy) is 2. The fraction of sp³-hybridized carbons (Fsp3) is 0.600. The minimum atomic E-state index is -0.739. The second kappa shape index (κ2) is 5.22. The van der Waals surface area contributed by atoms with Gasteiger partial charge in [0.1, 0.15) is 24.6 Å². The number of aryl methyl sites for hydroxylation is 2. The molecule has 0 aliphatic heterocycles. The summed E-state index contributed by atoms with van der Waals surface area (Å²) in [7, 11) is 0. The van der Waals surface area contributed by atoms with Gasteiger partial charge in [-0.05, 0) is 31.1 Å². The minimum Gasteiger partial charge on any atom is -0.472 e. The number of aromatic nitrogens is 4. The quantitative estimate of drug-likeness (QED) is 0.785. The Labute approximate surface area is 109 Å². The summed E-state index contributed by atoms with van der Waals surface area (Å²) < 4.78 is 19.9. The van der Waals surface area contributed by atoms with Gasteiger partial charge in [0, 0.05) is 0 Å². The van der Waals surface area contributed by atoms with Crippen molar-refractivity contribution < 1.29 is 18.7 Å². The van der Waals surface area contributed by atoms with Gasteiger partial charge in [0.25, 0.3) is 11.8 Å². The average molecular weight is 269 g/mol. The molecule has 0 atom stereocenters. The summed E-state index contributed by atoms with van der Waals surface area (Å²) >= 11 is 0. The van der Waals surface area contributed by atoms with Crippen molar-refractivity contribution in [2.24, 2.45) is 5.73 Å². The highest BCUT2D eigenvalue weighted by Gasteiger charge is 2.23. The molecule has 104 valence electrons. The van der Waals surface area contributed by atoms with Crippen LogP contribution in [-0.2, 0) is 0 Å². The van der Waals surface area contributed by atoms with Crippen LogP contribution in [0.3, 0.4) is 0 Å². The zero-order valence-electron chi connectivity index (χ0n) is 10.9. The Kier molecular flexibility index (Phi) is 3.65. The normalized spacial score (nSPS) is 11.6. The Bertz CT molecular complexity index is 489. The Morgan fingerprint density at radius 2 is 1.37 bits per heavy atom. The van der Waals surface area contributed by atoms with Crippen molar-refractivity contribution in [1.29, 1.82) is 0 Å². The van der Waals surface area contributed by atoms with Gasteiger partial charge in [-0.3, -0.25) is 0 Å². The van der Waals surface area contributed by atoms with Crippen LogP contribution in [0.2, 0.25) is 0 Å². The van der Waals surface area contributed by atoms with Gasteiger partial charge in [-0.2, -0.15) is 0 Å². The lowest BCUT2D eigenvalue weighted by Crippen LogP contribution is -2.48. The van der Waals surface area contributed by atoms with Crippen LogP contribution >= 0.6 is 0 Å². The van der Waals surface area contributed by atoms with Crippen molar-refractivity contribution in [3.8, 4) is 11.8 Å². The molecule has 2 aromatic heterocycles. The molecule has 0 aromatic carbocycles. The van der Waals surface area contributed by atoms with Gasteiger partial charge in [0.05, 0.1) is 5.54 Å². The van der Waals surface area contributed by atoms with Crippen LogP contribution < -0.4 is 15.2 Å². The predicted octanol–water partition coefficient (Wildman–Crippen LogP) is 0.245. The highest BCUT2D eigenvalue weighted by Crippen LogP contribution is 2.15. The van der Waals surface area contributed by atoms with E-state index in [4.69, 9.17) is 15.2 Å². The van der Waals surface area contributed by atoms with E-state index >= 15 is 0 Å². The minimum absolute atomic E-state index is 0.187. The van der Waals surface area contributed by atoms with Gasteiger partial charge in [-0.1, -0.05) is 10.3 Å². The van der Waals surface area contributed by atoms with Gasteiger partial charge in [-0.15, -0.1) is 0 Å². The summed E-state index contributed by atoms with van der Waals surface area (Å²) in [6.07, 6.45) is 0. The molecule has 0 radical (unpaired) electrons. The van der Waals surface area contributed by atoms with E-state index in [2.05, 4.69) is 29.9 Å². The average Bonchev–Trinajstić information content (AvgIpc) is 2.93. The van der Waals surface area contributed by atoms with E-state index in [0.29, 0.717) is 23.1 Å². The second-order valence-corrected chi connectivity index (χ2v) is 4.54. The zero-order valence-corrected chi connectivity index (χ0v) is 10.9. The van der Waals surface area contributed by atoms with Gasteiger partial charge < -0.3 is 15.2 Å². The first kappa shape index (κ1) is 13.3. The summed E-state index contributed by atoms with van der Waals surface area (Å²) in [5.74, 6) is 0.631. The molecule has 2 rings (SSSR count). The van der Waals surface area contributed by atoms with Crippen molar-refractivity contribution in [2.45, 2.75) is 26.3 Å². The Morgan fingerprint density at radius 1 is 0.947 bits per heavy atom. The monoisotopic (exact) mass is 269 g/mol. The number of rotatable bonds is 6. The highest BCUT2D eigenvalue weighted by molar-refractivity contribution is 5.13. The molecule has 0 saturated carbocycles. The van der Waals surface area contributed by atoms with Crippen molar-refractivity contribution in [3.05, 3.63) is 11.4 Å². The largest absolute Gasteiger partial charge is 0.472 e. The lowest BCUT2D eigenvalue weighted by molar-refractivity contribution is 0.143. The van der Waals surface area contributed by atoms with E-state index in [9.17, 15) is 0 Å². The summed E-state index contributed by atoms with van der Waals surface area (Å²) in [5.41, 5.74) is 6.43. The molecule has 9 heteroatoms. The fourth-order valence-corrected chi connectivity index (χ4v) is 1.22. The molecule has 2 aromatic rings. The Balaban J connectivity index is 1.85. The summed E-state index contributed by atoms with van der Waals surface area (Å²) in [6.45, 7) is 5.60. The van der Waals surface area contributed by atoms with Crippen LogP contribution in [0, 0.1) is 13.8 Å². The van der Waals surface area contributed by atoms with E-state index < -0.39 is 5.54 Å². The number of nitrogens with two attached hydrogens (primary N) is 1. The molecule has 19 heavy (non-hydrogen) atoms. The Morgan fingerprint density at radius 3 is 1.68 bits per heavy atom. The van der Waals surface area contributed by atoms with E-state index in [1.165, 1.54) is 0 Å². The second-order valence-electron chi connectivity index (χ2n) is 4.54. The first-order valence-electron chi connectivity index (χ1n) is 5.61. The van der Waals surface area contributed by atoms with Crippen molar-refractivity contribution in [3.63, 3.8) is 0 Å². The first-order valence-corrected chi connectivity index (χ1v) is 5.61. The summed E-state index contributed by atoms with van der Waals surface area (Å²) in [4.78, 5) is 0. The molecule has 2 heterocycles. The molecular formula is C10H15N5O4. The van der Waals surface area contributed by atoms with Crippen LogP contribution in [0.15, 0.2) is 9.26 Å². The summed E-state index contributed by atoms with van der Waals surface area (Å²) in [5, 5.41) is 14.4. The fourth-order valence-electron chi connectivity index (χ4n) is 1.22. The smallest absolute Gasteiger partial charge is 0.278 e. The molecule has 9 nitrogen and oxygen atoms in total. The molecule has 0 aliphatic rings. The molecule has 0 aliphatic carbocycles. The van der Waals surface area contributed by atoms with Crippen molar-refractivity contribution in [2.75, 3.05) is 13.2 Å². The number of nitrogens with zero attached hydrogens (tertiary/aromatic N) is 4. The number of hydrogen-bond acceptors (Lipinski definition) is 9. The molecular weight excluding hydrogens is 254 g/mol. The van der Waals surface area contributed by atoms with Crippen LogP contribution in [0.5, 0.6) is 11.8 Å². The van der Waals surface area contributed by atoms with E-state index in [-0.39, 0.29) is 13.2 Å². The molecule has 2 N–H and O–H groups in total. The van der Waals surface area contributed by atoms with Gasteiger partial charge in [-0.25, -0.2) is 9.26 Å². The predicted molar refractivity (Wildman–Crippen MR) is 61.7 cm³/mol. The molecule has 0 saturated heterocycles. The maximum absolute atomic E-state index is 6.04. The first-order chi connectivity index (χ1) is 8.98. The SMILES string of the molecule is Cc1nonc1OCC(C)(N)COc1nonc1C. The summed E-state index contributed by atoms with van der Waals surface area (Å²) in [6, 6.07) is 0. The Hall–Kier alpha value is -2.16. The highest BCUT2D eigenvalue weighted by atomic mass is 16.6. The van der Waals surface area contributed by atoms with E-state index in [1.54, 1.807) is 20.8 Å². The maximum atomic E-state index is 6.04. The molecule has 0 unspecified atom stereocenters. The van der Waals surface area contributed by atoms with Gasteiger partial charge in [0.15, 0.2) is 0 Å². The standard InChI is InChI=1S/C10H15N5O4/c1-6-8(14-18-12-6)16-4-10(3,11)5-17-9-7(2)13-19-15-9/h4-5,11H2,1-3H3. The van der Waals surface area contributed by atoms with Crippen molar-refractivity contribution in [1.82, 2.24) is 20.6 Å². The van der Waals surface area contributed by atoms with Crippen LogP contribution in [0.1, 0.15) is 18.3 Å².